The fourth-order valence-electron chi connectivity index (χ4n) is 1.92. The minimum atomic E-state index is -0.950. The lowest BCUT2D eigenvalue weighted by Gasteiger charge is -2.14. The van der Waals surface area contributed by atoms with Crippen LogP contribution in [0.4, 0.5) is 0 Å². The molecule has 0 aliphatic heterocycles. The quantitative estimate of drug-likeness (QED) is 0.663. The molecule has 0 fully saturated rings. The Morgan fingerprint density at radius 2 is 2.24 bits per heavy atom. The van der Waals surface area contributed by atoms with E-state index >= 15 is 0 Å². The number of rotatable bonds is 5. The van der Waals surface area contributed by atoms with Crippen LogP contribution in [0.15, 0.2) is 17.4 Å². The number of carboxylic acids is 1. The third-order valence-electron chi connectivity index (χ3n) is 2.89. The van der Waals surface area contributed by atoms with Gasteiger partial charge in [0, 0.05) is 6.20 Å². The van der Waals surface area contributed by atoms with Crippen LogP contribution in [0.2, 0.25) is 0 Å². The average molecular weight is 309 g/mol. The Morgan fingerprint density at radius 1 is 1.52 bits per heavy atom. The molecule has 0 amide bonds. The molecule has 2 aromatic rings. The molecule has 1 atom stereocenters. The number of methoxy groups -OCH3 is 1. The van der Waals surface area contributed by atoms with Crippen molar-refractivity contribution >= 4 is 34.9 Å². The molecule has 7 nitrogen and oxygen atoms in total. The summed E-state index contributed by atoms with van der Waals surface area (Å²) in [6, 6.07) is 1.21. The zero-order chi connectivity index (χ0) is 15.6. The number of nitrogens with zero attached hydrogens (tertiary/aromatic N) is 3. The zero-order valence-corrected chi connectivity index (χ0v) is 12.7. The number of aromatic nitrogens is 3. The number of aryl methyl sites for hydroxylation is 1. The molecule has 2 aromatic heterocycles. The molecule has 8 heteroatoms. The molecule has 0 radical (unpaired) electrons. The lowest BCUT2D eigenvalue weighted by Crippen LogP contribution is -2.19. The monoisotopic (exact) mass is 309 g/mol. The summed E-state index contributed by atoms with van der Waals surface area (Å²) in [6.07, 6.45) is 1.68. The van der Waals surface area contributed by atoms with Gasteiger partial charge in [0.25, 0.3) is 0 Å². The molecule has 0 saturated heterocycles. The molecular formula is C13H15N3O4S. The Morgan fingerprint density at radius 3 is 2.86 bits per heavy atom. The third-order valence-corrected chi connectivity index (χ3v) is 3.83. The van der Waals surface area contributed by atoms with Crippen LogP contribution in [-0.4, -0.2) is 44.4 Å². The highest BCUT2D eigenvalue weighted by Crippen LogP contribution is 2.27. The Kier molecular flexibility index (Phi) is 4.46. The molecule has 0 aromatic carbocycles. The van der Waals surface area contributed by atoms with Gasteiger partial charge in [0.1, 0.15) is 11.6 Å². The predicted octanol–water partition coefficient (Wildman–Crippen LogP) is 1.65. The van der Waals surface area contributed by atoms with Crippen LogP contribution in [-0.2, 0) is 14.3 Å². The number of pyridine rings is 1. The minimum absolute atomic E-state index is 0.143. The predicted molar refractivity (Wildman–Crippen MR) is 77.4 cm³/mol. The van der Waals surface area contributed by atoms with Gasteiger partial charge in [0.15, 0.2) is 10.8 Å². The van der Waals surface area contributed by atoms with Crippen LogP contribution in [0.1, 0.15) is 18.5 Å². The highest BCUT2D eigenvalue weighted by atomic mass is 32.2. The van der Waals surface area contributed by atoms with E-state index in [0.717, 1.165) is 17.3 Å². The lowest BCUT2D eigenvalue weighted by atomic mass is 10.3. The van der Waals surface area contributed by atoms with Gasteiger partial charge in [-0.1, -0.05) is 11.8 Å². The first-order valence-electron chi connectivity index (χ1n) is 6.21. The van der Waals surface area contributed by atoms with Gasteiger partial charge in [0.05, 0.1) is 12.9 Å². The van der Waals surface area contributed by atoms with Crippen LogP contribution in [0, 0.1) is 6.92 Å². The van der Waals surface area contributed by atoms with Crippen molar-refractivity contribution in [2.24, 2.45) is 0 Å². The van der Waals surface area contributed by atoms with E-state index in [1.165, 1.54) is 7.11 Å². The number of hydrogen-bond donors (Lipinski definition) is 1. The summed E-state index contributed by atoms with van der Waals surface area (Å²) in [6.45, 7) is 3.55. The van der Waals surface area contributed by atoms with Gasteiger partial charge >= 0.3 is 11.9 Å². The highest BCUT2D eigenvalue weighted by molar-refractivity contribution is 7.99. The molecule has 112 valence electrons. The fraction of sp³-hybridized carbons (Fsp3) is 0.385. The summed E-state index contributed by atoms with van der Waals surface area (Å²) < 4.78 is 6.35. The van der Waals surface area contributed by atoms with Crippen molar-refractivity contribution in [3.8, 4) is 0 Å². The van der Waals surface area contributed by atoms with E-state index in [0.29, 0.717) is 16.3 Å². The number of hydrogen-bond acceptors (Lipinski definition) is 6. The first kappa shape index (κ1) is 15.3. The standard InChI is InChI=1S/C13H15N3O4S/c1-7-4-9-11(14-5-7)16(8(2)12(19)20-3)13(15-9)21-6-10(17)18/h4-5,8H,6H2,1-3H3,(H,17,18). The van der Waals surface area contributed by atoms with Gasteiger partial charge in [-0.05, 0) is 25.5 Å². The Balaban J connectivity index is 2.54. The molecule has 0 saturated carbocycles. The molecule has 0 aliphatic carbocycles. The third kappa shape index (κ3) is 3.15. The average Bonchev–Trinajstić information content (AvgIpc) is 2.80. The molecule has 0 spiro atoms. The lowest BCUT2D eigenvalue weighted by molar-refractivity contribution is -0.144. The summed E-state index contributed by atoms with van der Waals surface area (Å²) in [5.41, 5.74) is 2.10. The Hall–Kier alpha value is -2.09. The summed E-state index contributed by atoms with van der Waals surface area (Å²) in [5, 5.41) is 9.25. The second-order valence-corrected chi connectivity index (χ2v) is 5.44. The minimum Gasteiger partial charge on any atom is -0.481 e. The molecule has 1 N–H and O–H groups in total. The van der Waals surface area contributed by atoms with Gasteiger partial charge in [0.2, 0.25) is 0 Å². The molecule has 1 unspecified atom stereocenters. The second kappa shape index (κ2) is 6.13. The Labute approximate surface area is 125 Å². The topological polar surface area (TPSA) is 94.3 Å². The number of aliphatic carboxylic acids is 1. The normalized spacial score (nSPS) is 12.3. The van der Waals surface area contributed by atoms with Crippen molar-refractivity contribution in [1.29, 1.82) is 0 Å². The van der Waals surface area contributed by atoms with Crippen molar-refractivity contribution in [3.05, 3.63) is 17.8 Å². The highest BCUT2D eigenvalue weighted by Gasteiger charge is 2.23. The number of carbonyl (C=O) groups excluding carboxylic acids is 1. The van der Waals surface area contributed by atoms with E-state index in [1.807, 2.05) is 13.0 Å². The van der Waals surface area contributed by atoms with E-state index in [2.05, 4.69) is 9.97 Å². The summed E-state index contributed by atoms with van der Waals surface area (Å²) in [5.74, 6) is -1.53. The van der Waals surface area contributed by atoms with Crippen molar-refractivity contribution in [1.82, 2.24) is 14.5 Å². The second-order valence-electron chi connectivity index (χ2n) is 4.50. The maximum Gasteiger partial charge on any atom is 0.328 e. The van der Waals surface area contributed by atoms with E-state index in [1.54, 1.807) is 17.7 Å². The van der Waals surface area contributed by atoms with Crippen molar-refractivity contribution < 1.29 is 19.4 Å². The number of ether oxygens (including phenoxy) is 1. The first-order valence-corrected chi connectivity index (χ1v) is 7.19. The maximum atomic E-state index is 11.8. The molecule has 2 heterocycles. The number of imidazole rings is 1. The van der Waals surface area contributed by atoms with Crippen molar-refractivity contribution in [3.63, 3.8) is 0 Å². The van der Waals surface area contributed by atoms with E-state index < -0.39 is 18.0 Å². The van der Waals surface area contributed by atoms with Gasteiger partial charge in [-0.15, -0.1) is 0 Å². The number of fused-ring (bicyclic) bond motifs is 1. The van der Waals surface area contributed by atoms with Gasteiger partial charge in [-0.3, -0.25) is 9.36 Å². The summed E-state index contributed by atoms with van der Waals surface area (Å²) >= 11 is 1.05. The molecular weight excluding hydrogens is 294 g/mol. The van der Waals surface area contributed by atoms with E-state index in [4.69, 9.17) is 9.84 Å². The number of thioether (sulfide) groups is 1. The first-order chi connectivity index (χ1) is 9.93. The number of carbonyl (C=O) groups is 2. The van der Waals surface area contributed by atoms with Crippen molar-refractivity contribution in [2.75, 3.05) is 12.9 Å². The van der Waals surface area contributed by atoms with Crippen LogP contribution in [0.25, 0.3) is 11.2 Å². The van der Waals surface area contributed by atoms with Crippen LogP contribution < -0.4 is 0 Å². The van der Waals surface area contributed by atoms with Gasteiger partial charge < -0.3 is 9.84 Å². The zero-order valence-electron chi connectivity index (χ0n) is 11.9. The van der Waals surface area contributed by atoms with Gasteiger partial charge in [-0.2, -0.15) is 0 Å². The number of esters is 1. The molecule has 0 aliphatic rings. The SMILES string of the molecule is COC(=O)C(C)n1c(SCC(=O)O)nc2cc(C)cnc21. The largest absolute Gasteiger partial charge is 0.481 e. The van der Waals surface area contributed by atoms with Crippen molar-refractivity contribution in [2.45, 2.75) is 25.0 Å². The smallest absolute Gasteiger partial charge is 0.328 e. The van der Waals surface area contributed by atoms with Crippen LogP contribution in [0.5, 0.6) is 0 Å². The number of carboxylic acid groups (broad SMARTS) is 1. The van der Waals surface area contributed by atoms with E-state index in [9.17, 15) is 9.59 Å². The Bertz CT molecular complexity index is 698. The van der Waals surface area contributed by atoms with Gasteiger partial charge in [-0.25, -0.2) is 14.8 Å². The molecule has 21 heavy (non-hydrogen) atoms. The summed E-state index contributed by atoms with van der Waals surface area (Å²) in [4.78, 5) is 31.2. The maximum absolute atomic E-state index is 11.8. The van der Waals surface area contributed by atoms with Crippen LogP contribution in [0.3, 0.4) is 0 Å². The molecule has 0 bridgehead atoms. The van der Waals surface area contributed by atoms with E-state index in [-0.39, 0.29) is 5.75 Å². The van der Waals surface area contributed by atoms with Crippen LogP contribution >= 0.6 is 11.8 Å². The fourth-order valence-corrected chi connectivity index (χ4v) is 2.71. The summed E-state index contributed by atoms with van der Waals surface area (Å²) in [7, 11) is 1.31. The molecule has 2 rings (SSSR count).